The lowest BCUT2D eigenvalue weighted by Gasteiger charge is -2.35. The van der Waals surface area contributed by atoms with Crippen LogP contribution in [0, 0.1) is 15.5 Å². The third-order valence-corrected chi connectivity index (χ3v) is 3.90. The molecule has 1 aromatic rings. The van der Waals surface area contributed by atoms with Crippen molar-refractivity contribution in [3.63, 3.8) is 0 Å². The van der Waals surface area contributed by atoms with E-state index in [0.717, 1.165) is 12.0 Å². The number of amides is 1. The Morgan fingerprint density at radius 2 is 1.90 bits per heavy atom. The van der Waals surface area contributed by atoms with Crippen LogP contribution < -0.4 is 5.32 Å². The number of nitro benzene ring substituents is 1. The summed E-state index contributed by atoms with van der Waals surface area (Å²) in [4.78, 5) is 33.1. The highest BCUT2D eigenvalue weighted by atomic mass is 16.6. The molecule has 0 spiro atoms. The van der Waals surface area contributed by atoms with Gasteiger partial charge in [0.15, 0.2) is 0 Å². The summed E-state index contributed by atoms with van der Waals surface area (Å²) >= 11 is 0. The molecule has 112 valence electrons. The first-order valence-electron chi connectivity index (χ1n) is 6.71. The van der Waals surface area contributed by atoms with E-state index < -0.39 is 22.2 Å². The Hall–Kier alpha value is -2.44. The Bertz CT molecular complexity index is 563. The molecule has 1 aromatic carbocycles. The number of carboxylic acids is 1. The predicted molar refractivity (Wildman–Crippen MR) is 73.7 cm³/mol. The number of rotatable bonds is 6. The number of hydrogen-bond donors (Lipinski definition) is 2. The van der Waals surface area contributed by atoms with Crippen LogP contribution in [0.15, 0.2) is 24.3 Å². The van der Waals surface area contributed by atoms with E-state index in [1.165, 1.54) is 12.1 Å². The summed E-state index contributed by atoms with van der Waals surface area (Å²) in [5.74, 6) is -1.51. The van der Waals surface area contributed by atoms with Gasteiger partial charge in [-0.15, -0.1) is 0 Å². The molecule has 0 unspecified atom stereocenters. The number of nitro groups is 1. The lowest BCUT2D eigenvalue weighted by Crippen LogP contribution is -2.51. The van der Waals surface area contributed by atoms with Crippen molar-refractivity contribution < 1.29 is 19.6 Å². The summed E-state index contributed by atoms with van der Waals surface area (Å²) in [6, 6.07) is 6.06. The molecule has 2 rings (SSSR count). The maximum absolute atomic E-state index is 11.9. The summed E-state index contributed by atoms with van der Waals surface area (Å²) < 4.78 is 0. The topological polar surface area (TPSA) is 110 Å². The lowest BCUT2D eigenvalue weighted by atomic mass is 9.68. The highest BCUT2D eigenvalue weighted by Gasteiger charge is 2.50. The van der Waals surface area contributed by atoms with Crippen LogP contribution in [0.5, 0.6) is 0 Å². The number of carbonyl (C=O) groups excluding carboxylic acids is 1. The number of nitrogens with zero attached hydrogens (tertiary/aromatic N) is 1. The van der Waals surface area contributed by atoms with E-state index in [2.05, 4.69) is 5.32 Å². The van der Waals surface area contributed by atoms with Gasteiger partial charge in [-0.1, -0.05) is 18.6 Å². The number of carboxylic acid groups (broad SMARTS) is 1. The minimum absolute atomic E-state index is 0.0158. The molecule has 0 atom stereocenters. The molecule has 1 saturated carbocycles. The van der Waals surface area contributed by atoms with Crippen LogP contribution in [-0.4, -0.2) is 28.5 Å². The monoisotopic (exact) mass is 292 g/mol. The van der Waals surface area contributed by atoms with Crippen molar-refractivity contribution in [1.29, 1.82) is 0 Å². The molecule has 1 amide bonds. The number of nitrogens with one attached hydrogen (secondary N) is 1. The first kappa shape index (κ1) is 15.0. The van der Waals surface area contributed by atoms with Crippen molar-refractivity contribution in [2.24, 2.45) is 5.41 Å². The molecule has 0 aliphatic heterocycles. The molecular formula is C14H16N2O5. The number of aliphatic carboxylic acids is 1. The number of hydrogen-bond acceptors (Lipinski definition) is 4. The van der Waals surface area contributed by atoms with Gasteiger partial charge in [0.2, 0.25) is 5.91 Å². The SMILES string of the molecule is O=C(O)C1(C(=O)NCCc2ccc([N+](=O)[O-])cc2)CCC1. The minimum Gasteiger partial charge on any atom is -0.480 e. The summed E-state index contributed by atoms with van der Waals surface area (Å²) in [6.07, 6.45) is 2.01. The van der Waals surface area contributed by atoms with E-state index in [-0.39, 0.29) is 5.69 Å². The highest BCUT2D eigenvalue weighted by molar-refractivity contribution is 6.02. The Balaban J connectivity index is 1.85. The van der Waals surface area contributed by atoms with Crippen molar-refractivity contribution >= 4 is 17.6 Å². The van der Waals surface area contributed by atoms with Crippen molar-refractivity contribution in [3.8, 4) is 0 Å². The molecule has 0 radical (unpaired) electrons. The van der Waals surface area contributed by atoms with Gasteiger partial charge in [0.05, 0.1) is 4.92 Å². The fourth-order valence-corrected chi connectivity index (χ4v) is 2.34. The molecule has 2 N–H and O–H groups in total. The second-order valence-corrected chi connectivity index (χ2v) is 5.17. The van der Waals surface area contributed by atoms with E-state index in [4.69, 9.17) is 5.11 Å². The molecule has 1 aliphatic carbocycles. The van der Waals surface area contributed by atoms with Gasteiger partial charge in [-0.3, -0.25) is 19.7 Å². The molecule has 21 heavy (non-hydrogen) atoms. The average Bonchev–Trinajstić information content (AvgIpc) is 2.37. The van der Waals surface area contributed by atoms with Gasteiger partial charge in [-0.2, -0.15) is 0 Å². The Morgan fingerprint density at radius 1 is 1.29 bits per heavy atom. The molecule has 0 heterocycles. The third kappa shape index (κ3) is 3.01. The summed E-state index contributed by atoms with van der Waals surface area (Å²) in [5.41, 5.74) is -0.392. The van der Waals surface area contributed by atoms with Gasteiger partial charge in [-0.25, -0.2) is 0 Å². The normalized spacial score (nSPS) is 15.8. The molecule has 7 heteroatoms. The van der Waals surface area contributed by atoms with Gasteiger partial charge >= 0.3 is 5.97 Å². The molecule has 1 fully saturated rings. The van der Waals surface area contributed by atoms with Crippen LogP contribution in [-0.2, 0) is 16.0 Å². The fraction of sp³-hybridized carbons (Fsp3) is 0.429. The highest BCUT2D eigenvalue weighted by Crippen LogP contribution is 2.41. The average molecular weight is 292 g/mol. The molecule has 1 aliphatic rings. The lowest BCUT2D eigenvalue weighted by molar-refractivity contribution is -0.384. The van der Waals surface area contributed by atoms with E-state index >= 15 is 0 Å². The quantitative estimate of drug-likeness (QED) is 0.469. The molecule has 0 bridgehead atoms. The van der Waals surface area contributed by atoms with Crippen LogP contribution in [0.2, 0.25) is 0 Å². The van der Waals surface area contributed by atoms with E-state index in [0.29, 0.717) is 25.8 Å². The zero-order chi connectivity index (χ0) is 15.5. The first-order valence-corrected chi connectivity index (χ1v) is 6.71. The molecule has 7 nitrogen and oxygen atoms in total. The standard InChI is InChI=1S/C14H16N2O5/c17-12(14(13(18)19)7-1-8-14)15-9-6-10-2-4-11(5-3-10)16(20)21/h2-5H,1,6-9H2,(H,15,17)(H,18,19). The number of carbonyl (C=O) groups is 2. The smallest absolute Gasteiger partial charge is 0.319 e. The van der Waals surface area contributed by atoms with Crippen LogP contribution >= 0.6 is 0 Å². The van der Waals surface area contributed by atoms with Gasteiger partial charge in [0.1, 0.15) is 5.41 Å². The van der Waals surface area contributed by atoms with Gasteiger partial charge in [-0.05, 0) is 24.8 Å². The third-order valence-electron chi connectivity index (χ3n) is 3.90. The Morgan fingerprint density at radius 3 is 2.33 bits per heavy atom. The van der Waals surface area contributed by atoms with E-state index in [1.807, 2.05) is 0 Å². The predicted octanol–water partition coefficient (Wildman–Crippen LogP) is 1.51. The Kier molecular flexibility index (Phi) is 4.21. The number of benzene rings is 1. The largest absolute Gasteiger partial charge is 0.480 e. The summed E-state index contributed by atoms with van der Waals surface area (Å²) in [6.45, 7) is 0.311. The van der Waals surface area contributed by atoms with Gasteiger partial charge in [0, 0.05) is 18.7 Å². The maximum Gasteiger partial charge on any atom is 0.319 e. The van der Waals surface area contributed by atoms with Crippen molar-refractivity contribution in [2.45, 2.75) is 25.7 Å². The fourth-order valence-electron chi connectivity index (χ4n) is 2.34. The van der Waals surface area contributed by atoms with E-state index in [9.17, 15) is 19.7 Å². The van der Waals surface area contributed by atoms with Crippen molar-refractivity contribution in [3.05, 3.63) is 39.9 Å². The van der Waals surface area contributed by atoms with E-state index in [1.54, 1.807) is 12.1 Å². The van der Waals surface area contributed by atoms with Crippen LogP contribution in [0.4, 0.5) is 5.69 Å². The van der Waals surface area contributed by atoms with Crippen LogP contribution in [0.25, 0.3) is 0 Å². The molecular weight excluding hydrogens is 276 g/mol. The van der Waals surface area contributed by atoms with Crippen molar-refractivity contribution in [2.75, 3.05) is 6.54 Å². The Labute approximate surface area is 121 Å². The number of non-ortho nitro benzene ring substituents is 1. The van der Waals surface area contributed by atoms with Crippen LogP contribution in [0.1, 0.15) is 24.8 Å². The van der Waals surface area contributed by atoms with Crippen molar-refractivity contribution in [1.82, 2.24) is 5.32 Å². The first-order chi connectivity index (χ1) is 9.95. The summed E-state index contributed by atoms with van der Waals surface area (Å²) in [5, 5.41) is 22.3. The second-order valence-electron chi connectivity index (χ2n) is 5.17. The minimum atomic E-state index is -1.25. The van der Waals surface area contributed by atoms with Gasteiger partial charge < -0.3 is 10.4 Å². The summed E-state index contributed by atoms with van der Waals surface area (Å²) in [7, 11) is 0. The van der Waals surface area contributed by atoms with Gasteiger partial charge in [0.25, 0.3) is 5.69 Å². The zero-order valence-corrected chi connectivity index (χ0v) is 11.4. The maximum atomic E-state index is 11.9. The van der Waals surface area contributed by atoms with Crippen LogP contribution in [0.3, 0.4) is 0 Å². The second kappa shape index (κ2) is 5.90. The molecule has 0 saturated heterocycles. The molecule has 0 aromatic heterocycles. The zero-order valence-electron chi connectivity index (χ0n) is 11.4.